The van der Waals surface area contributed by atoms with E-state index in [1.165, 1.54) is 6.33 Å². The standard InChI is InChI=1S/C11H15N5O3/c12-10-9-11(14-4-13-10)16(5-15-9)8-2-1-6(18)7(3-17)19-8/h4-8,17-18H,1-3H2,(H2,12,13,14)/t6-,7+,8+/m0/s1. The monoisotopic (exact) mass is 265 g/mol. The first-order chi connectivity index (χ1) is 9.20. The topological polar surface area (TPSA) is 119 Å². The third-order valence-corrected chi connectivity index (χ3v) is 3.35. The number of aliphatic hydroxyl groups is 2. The first-order valence-electron chi connectivity index (χ1n) is 6.08. The van der Waals surface area contributed by atoms with E-state index >= 15 is 0 Å². The SMILES string of the molecule is Nc1ncnc2c1ncn2[C@H]1CC[C@H](O)[C@@H](CO)O1. The number of anilines is 1. The number of nitrogens with zero attached hydrogens (tertiary/aromatic N) is 4. The van der Waals surface area contributed by atoms with Gasteiger partial charge < -0.3 is 20.7 Å². The molecule has 1 aliphatic heterocycles. The van der Waals surface area contributed by atoms with Crippen LogP contribution >= 0.6 is 0 Å². The number of imidazole rings is 1. The van der Waals surface area contributed by atoms with Crippen LogP contribution in [0, 0.1) is 0 Å². The van der Waals surface area contributed by atoms with Crippen LogP contribution in [0.3, 0.4) is 0 Å². The molecule has 0 radical (unpaired) electrons. The molecule has 1 aliphatic rings. The van der Waals surface area contributed by atoms with Gasteiger partial charge in [-0.05, 0) is 12.8 Å². The Bertz CT molecular complexity index is 587. The lowest BCUT2D eigenvalue weighted by molar-refractivity contribution is -0.158. The van der Waals surface area contributed by atoms with Gasteiger partial charge in [0.2, 0.25) is 0 Å². The summed E-state index contributed by atoms with van der Waals surface area (Å²) in [5.41, 5.74) is 6.84. The average molecular weight is 265 g/mol. The van der Waals surface area contributed by atoms with Crippen molar-refractivity contribution < 1.29 is 14.9 Å². The number of ether oxygens (including phenoxy) is 1. The van der Waals surface area contributed by atoms with Crippen LogP contribution < -0.4 is 5.73 Å². The van der Waals surface area contributed by atoms with Crippen molar-refractivity contribution >= 4 is 17.0 Å². The van der Waals surface area contributed by atoms with Gasteiger partial charge in [0, 0.05) is 0 Å². The molecule has 0 amide bonds. The molecule has 0 aromatic carbocycles. The summed E-state index contributed by atoms with van der Waals surface area (Å²) in [7, 11) is 0. The van der Waals surface area contributed by atoms with Crippen molar-refractivity contribution in [3.63, 3.8) is 0 Å². The van der Waals surface area contributed by atoms with Gasteiger partial charge in [-0.25, -0.2) is 15.0 Å². The molecule has 1 saturated heterocycles. The Labute approximate surface area is 108 Å². The van der Waals surface area contributed by atoms with E-state index in [2.05, 4.69) is 15.0 Å². The molecule has 102 valence electrons. The molecule has 8 nitrogen and oxygen atoms in total. The quantitative estimate of drug-likeness (QED) is 0.665. The van der Waals surface area contributed by atoms with Crippen molar-refractivity contribution in [2.75, 3.05) is 12.3 Å². The Morgan fingerprint density at radius 1 is 1.37 bits per heavy atom. The van der Waals surface area contributed by atoms with Gasteiger partial charge >= 0.3 is 0 Å². The van der Waals surface area contributed by atoms with Crippen molar-refractivity contribution in [1.82, 2.24) is 19.5 Å². The van der Waals surface area contributed by atoms with Crippen LogP contribution in [0.15, 0.2) is 12.7 Å². The molecule has 3 rings (SSSR count). The zero-order valence-electron chi connectivity index (χ0n) is 10.2. The zero-order valence-corrected chi connectivity index (χ0v) is 10.2. The fraction of sp³-hybridized carbons (Fsp3) is 0.545. The van der Waals surface area contributed by atoms with Crippen molar-refractivity contribution in [2.24, 2.45) is 0 Å². The number of aliphatic hydroxyl groups excluding tert-OH is 2. The second-order valence-corrected chi connectivity index (χ2v) is 4.54. The predicted octanol–water partition coefficient (Wildman–Crippen LogP) is -0.561. The summed E-state index contributed by atoms with van der Waals surface area (Å²) in [4.78, 5) is 12.2. The minimum atomic E-state index is -0.643. The highest BCUT2D eigenvalue weighted by atomic mass is 16.5. The maximum atomic E-state index is 9.69. The summed E-state index contributed by atoms with van der Waals surface area (Å²) in [6, 6.07) is 0. The van der Waals surface area contributed by atoms with Crippen molar-refractivity contribution in [3.8, 4) is 0 Å². The van der Waals surface area contributed by atoms with Gasteiger partial charge in [0.15, 0.2) is 11.5 Å². The first kappa shape index (κ1) is 12.3. The molecule has 8 heteroatoms. The van der Waals surface area contributed by atoms with Gasteiger partial charge in [-0.2, -0.15) is 0 Å². The van der Waals surface area contributed by atoms with E-state index in [-0.39, 0.29) is 12.8 Å². The highest BCUT2D eigenvalue weighted by Gasteiger charge is 2.31. The summed E-state index contributed by atoms with van der Waals surface area (Å²) >= 11 is 0. The normalized spacial score (nSPS) is 27.8. The lowest BCUT2D eigenvalue weighted by Crippen LogP contribution is -2.39. The molecular weight excluding hydrogens is 250 g/mol. The highest BCUT2D eigenvalue weighted by Crippen LogP contribution is 2.29. The molecule has 19 heavy (non-hydrogen) atoms. The van der Waals surface area contributed by atoms with Gasteiger partial charge in [-0.3, -0.25) is 4.57 Å². The Morgan fingerprint density at radius 2 is 2.21 bits per heavy atom. The number of fused-ring (bicyclic) bond motifs is 1. The molecule has 0 spiro atoms. The van der Waals surface area contributed by atoms with E-state index in [4.69, 9.17) is 10.5 Å². The Balaban J connectivity index is 1.94. The van der Waals surface area contributed by atoms with Gasteiger partial charge in [0.1, 0.15) is 24.2 Å². The summed E-state index contributed by atoms with van der Waals surface area (Å²) in [6.45, 7) is -0.221. The summed E-state index contributed by atoms with van der Waals surface area (Å²) in [5, 5.41) is 18.9. The molecule has 0 aliphatic carbocycles. The number of nitrogen functional groups attached to an aromatic ring is 1. The largest absolute Gasteiger partial charge is 0.394 e. The molecule has 3 heterocycles. The smallest absolute Gasteiger partial charge is 0.167 e. The third-order valence-electron chi connectivity index (χ3n) is 3.35. The summed E-state index contributed by atoms with van der Waals surface area (Å²) in [5.74, 6) is 0.318. The van der Waals surface area contributed by atoms with Crippen LogP contribution in [0.1, 0.15) is 19.1 Å². The second-order valence-electron chi connectivity index (χ2n) is 4.54. The summed E-state index contributed by atoms with van der Waals surface area (Å²) < 4.78 is 7.41. The number of hydrogen-bond acceptors (Lipinski definition) is 7. The highest BCUT2D eigenvalue weighted by molar-refractivity contribution is 5.81. The molecule has 2 aromatic rings. The molecule has 2 aromatic heterocycles. The van der Waals surface area contributed by atoms with Gasteiger partial charge in [-0.1, -0.05) is 0 Å². The van der Waals surface area contributed by atoms with Crippen molar-refractivity contribution in [2.45, 2.75) is 31.3 Å². The Hall–Kier alpha value is -1.77. The first-order valence-corrected chi connectivity index (χ1v) is 6.08. The molecule has 0 saturated carbocycles. The minimum Gasteiger partial charge on any atom is -0.394 e. The van der Waals surface area contributed by atoms with Crippen LogP contribution in [0.5, 0.6) is 0 Å². The number of hydrogen-bond donors (Lipinski definition) is 3. The van der Waals surface area contributed by atoms with Gasteiger partial charge in [0.25, 0.3) is 0 Å². The number of nitrogens with two attached hydrogens (primary N) is 1. The van der Waals surface area contributed by atoms with Crippen molar-refractivity contribution in [1.29, 1.82) is 0 Å². The minimum absolute atomic E-state index is 0.221. The van der Waals surface area contributed by atoms with Crippen LogP contribution in [0.4, 0.5) is 5.82 Å². The molecule has 1 fully saturated rings. The van der Waals surface area contributed by atoms with Crippen LogP contribution in [0.2, 0.25) is 0 Å². The maximum absolute atomic E-state index is 9.69. The molecular formula is C11H15N5O3. The number of aromatic nitrogens is 4. The van der Waals surface area contributed by atoms with E-state index in [0.717, 1.165) is 0 Å². The Morgan fingerprint density at radius 3 is 3.00 bits per heavy atom. The molecule has 4 N–H and O–H groups in total. The lowest BCUT2D eigenvalue weighted by Gasteiger charge is -2.33. The number of rotatable bonds is 2. The second kappa shape index (κ2) is 4.72. The third kappa shape index (κ3) is 2.03. The van der Waals surface area contributed by atoms with E-state index in [9.17, 15) is 10.2 Å². The van der Waals surface area contributed by atoms with Crippen LogP contribution in [-0.4, -0.2) is 48.5 Å². The zero-order chi connectivity index (χ0) is 13.4. The van der Waals surface area contributed by atoms with E-state index < -0.39 is 12.2 Å². The van der Waals surface area contributed by atoms with E-state index in [1.807, 2.05) is 0 Å². The van der Waals surface area contributed by atoms with Crippen LogP contribution in [-0.2, 0) is 4.74 Å². The lowest BCUT2D eigenvalue weighted by atomic mass is 10.0. The van der Waals surface area contributed by atoms with E-state index in [1.54, 1.807) is 10.9 Å². The maximum Gasteiger partial charge on any atom is 0.167 e. The van der Waals surface area contributed by atoms with Crippen LogP contribution in [0.25, 0.3) is 11.2 Å². The van der Waals surface area contributed by atoms with E-state index in [0.29, 0.717) is 29.8 Å². The Kier molecular flexibility index (Phi) is 3.05. The molecule has 0 unspecified atom stereocenters. The predicted molar refractivity (Wildman–Crippen MR) is 66.0 cm³/mol. The van der Waals surface area contributed by atoms with Gasteiger partial charge in [-0.15, -0.1) is 0 Å². The molecule has 3 atom stereocenters. The van der Waals surface area contributed by atoms with Crippen molar-refractivity contribution in [3.05, 3.63) is 12.7 Å². The fourth-order valence-corrected chi connectivity index (χ4v) is 2.31. The molecule has 0 bridgehead atoms. The average Bonchev–Trinajstić information content (AvgIpc) is 2.85. The van der Waals surface area contributed by atoms with Gasteiger partial charge in [0.05, 0.1) is 19.0 Å². The fourth-order valence-electron chi connectivity index (χ4n) is 2.31. The summed E-state index contributed by atoms with van der Waals surface area (Å²) in [6.07, 6.45) is 2.58.